The lowest BCUT2D eigenvalue weighted by Crippen LogP contribution is -2.59. The maximum Gasteiger partial charge on any atom is 0.410 e. The van der Waals surface area contributed by atoms with Crippen LogP contribution in [0.1, 0.15) is 58.6 Å². The van der Waals surface area contributed by atoms with Crippen LogP contribution >= 0.6 is 0 Å². The van der Waals surface area contributed by atoms with Crippen molar-refractivity contribution in [3.8, 4) is 0 Å². The second-order valence-corrected chi connectivity index (χ2v) is 13.0. The number of alkyl halides is 2. The van der Waals surface area contributed by atoms with Gasteiger partial charge in [0.05, 0.1) is 19.0 Å². The molecule has 2 fully saturated rings. The number of fused-ring (bicyclic) bond motifs is 1. The molecule has 1 aromatic carbocycles. The lowest BCUT2D eigenvalue weighted by Gasteiger charge is -2.32. The standard InChI is InChI=1S/C29H38F3N5O7/c1-14(2)21(33-26(42)35-28(3,4)5)24(39)37-12-16(44-27(43)36-11-15-7-6-8-19(30)17(15)13-36)9-20(37)23(38)34-29(25(40)41)10-18(29)22(31)32/h6-8,14,16,18,20-22H,9-13H2,1-5H3,(H,34,38)(H,40,41)(H2,33,35,42)/t16-,18+,20?,21+,29+/m1/s1. The summed E-state index contributed by atoms with van der Waals surface area (Å²) in [7, 11) is 0. The Hall–Kier alpha value is -4.04. The third-order valence-electron chi connectivity index (χ3n) is 8.05. The number of aliphatic carboxylic acids is 1. The lowest BCUT2D eigenvalue weighted by atomic mass is 10.0. The zero-order valence-electron chi connectivity index (χ0n) is 25.2. The number of rotatable bonds is 8. The number of carbonyl (C=O) groups excluding carboxylic acids is 4. The number of carbonyl (C=O) groups is 5. The average molecular weight is 626 g/mol. The van der Waals surface area contributed by atoms with Crippen molar-refractivity contribution in [3.05, 3.63) is 35.1 Å². The fourth-order valence-electron chi connectivity index (χ4n) is 5.65. The predicted octanol–water partition coefficient (Wildman–Crippen LogP) is 2.59. The van der Waals surface area contributed by atoms with Gasteiger partial charge in [0.2, 0.25) is 18.2 Å². The lowest BCUT2D eigenvalue weighted by molar-refractivity contribution is -0.146. The zero-order chi connectivity index (χ0) is 32.7. The first-order valence-corrected chi connectivity index (χ1v) is 14.4. The minimum Gasteiger partial charge on any atom is -0.479 e. The van der Waals surface area contributed by atoms with Crippen LogP contribution in [-0.2, 0) is 32.2 Å². The summed E-state index contributed by atoms with van der Waals surface area (Å²) in [5.41, 5.74) is -1.86. The third kappa shape index (κ3) is 6.86. The molecule has 4 N–H and O–H groups in total. The van der Waals surface area contributed by atoms with Gasteiger partial charge in [-0.15, -0.1) is 0 Å². The van der Waals surface area contributed by atoms with Gasteiger partial charge < -0.3 is 30.7 Å². The molecule has 4 rings (SSSR count). The Kier molecular flexibility index (Phi) is 9.08. The molecule has 0 bridgehead atoms. The van der Waals surface area contributed by atoms with Gasteiger partial charge in [0.25, 0.3) is 0 Å². The second kappa shape index (κ2) is 12.2. The number of halogens is 3. The number of hydrogen-bond acceptors (Lipinski definition) is 6. The molecular weight excluding hydrogens is 587 g/mol. The SMILES string of the molecule is CC(C)[C@H](NC(=O)NC(C)(C)C)C(=O)N1C[C@H](OC(=O)N2Cc3cccc(F)c3C2)CC1C(=O)N[C@@]1(C(=O)O)C[C@H]1C(F)F. The van der Waals surface area contributed by atoms with E-state index in [0.29, 0.717) is 11.1 Å². The molecule has 2 aliphatic heterocycles. The number of likely N-dealkylation sites (tertiary alicyclic amines) is 1. The number of urea groups is 1. The molecule has 1 saturated heterocycles. The summed E-state index contributed by atoms with van der Waals surface area (Å²) < 4.78 is 46.7. The van der Waals surface area contributed by atoms with Crippen LogP contribution in [0.3, 0.4) is 0 Å². The molecule has 5 amide bonds. The summed E-state index contributed by atoms with van der Waals surface area (Å²) in [6, 6.07) is 1.31. The van der Waals surface area contributed by atoms with E-state index in [2.05, 4.69) is 16.0 Å². The predicted molar refractivity (Wildman–Crippen MR) is 149 cm³/mol. The Balaban J connectivity index is 1.54. The molecule has 3 aliphatic rings. The fraction of sp³-hybridized carbons (Fsp3) is 0.621. The summed E-state index contributed by atoms with van der Waals surface area (Å²) in [4.78, 5) is 67.2. The van der Waals surface area contributed by atoms with E-state index in [9.17, 15) is 42.3 Å². The van der Waals surface area contributed by atoms with E-state index in [1.807, 2.05) is 0 Å². The molecule has 12 nitrogen and oxygen atoms in total. The molecule has 242 valence electrons. The monoisotopic (exact) mass is 625 g/mol. The van der Waals surface area contributed by atoms with Crippen molar-refractivity contribution >= 4 is 29.9 Å². The van der Waals surface area contributed by atoms with Gasteiger partial charge in [-0.1, -0.05) is 26.0 Å². The van der Waals surface area contributed by atoms with Crippen LogP contribution in [0.2, 0.25) is 0 Å². The number of carboxylic acid groups (broad SMARTS) is 1. The normalized spacial score (nSPS) is 25.0. The number of amides is 5. The summed E-state index contributed by atoms with van der Waals surface area (Å²) in [5.74, 6) is -5.87. The highest BCUT2D eigenvalue weighted by Gasteiger charge is 2.66. The molecule has 0 spiro atoms. The van der Waals surface area contributed by atoms with Crippen molar-refractivity contribution in [2.75, 3.05) is 6.54 Å². The van der Waals surface area contributed by atoms with E-state index in [0.717, 1.165) is 4.90 Å². The zero-order valence-corrected chi connectivity index (χ0v) is 25.2. The highest BCUT2D eigenvalue weighted by molar-refractivity contribution is 5.96. The number of nitrogens with one attached hydrogen (secondary N) is 3. The highest BCUT2D eigenvalue weighted by Crippen LogP contribution is 2.48. The Morgan fingerprint density at radius 1 is 1.11 bits per heavy atom. The van der Waals surface area contributed by atoms with Crippen LogP contribution < -0.4 is 16.0 Å². The van der Waals surface area contributed by atoms with E-state index in [1.54, 1.807) is 40.7 Å². The van der Waals surface area contributed by atoms with Crippen molar-refractivity contribution < 1.29 is 47.0 Å². The molecule has 1 aromatic rings. The van der Waals surface area contributed by atoms with E-state index < -0.39 is 89.7 Å². The Morgan fingerprint density at radius 3 is 2.34 bits per heavy atom. The van der Waals surface area contributed by atoms with Gasteiger partial charge in [-0.25, -0.2) is 27.6 Å². The first-order chi connectivity index (χ1) is 20.4. The first kappa shape index (κ1) is 32.9. The van der Waals surface area contributed by atoms with Crippen LogP contribution in [0.15, 0.2) is 18.2 Å². The van der Waals surface area contributed by atoms with Crippen molar-refractivity contribution in [1.82, 2.24) is 25.8 Å². The van der Waals surface area contributed by atoms with Crippen LogP contribution in [0, 0.1) is 17.7 Å². The number of nitrogens with zero attached hydrogens (tertiary/aromatic N) is 2. The van der Waals surface area contributed by atoms with Crippen LogP contribution in [0.5, 0.6) is 0 Å². The molecule has 2 heterocycles. The van der Waals surface area contributed by atoms with Crippen LogP contribution in [-0.4, -0.2) is 87.1 Å². The van der Waals surface area contributed by atoms with Crippen LogP contribution in [0.25, 0.3) is 0 Å². The molecular formula is C29H38F3N5O7. The third-order valence-corrected chi connectivity index (χ3v) is 8.05. The van der Waals surface area contributed by atoms with E-state index in [1.165, 1.54) is 17.0 Å². The molecule has 1 saturated carbocycles. The summed E-state index contributed by atoms with van der Waals surface area (Å²) in [5, 5.41) is 17.2. The average Bonchev–Trinajstić information content (AvgIpc) is 3.25. The smallest absolute Gasteiger partial charge is 0.410 e. The van der Waals surface area contributed by atoms with E-state index in [-0.39, 0.29) is 26.1 Å². The molecule has 0 radical (unpaired) electrons. The van der Waals surface area contributed by atoms with Gasteiger partial charge in [-0.3, -0.25) is 14.5 Å². The molecule has 15 heteroatoms. The van der Waals surface area contributed by atoms with Gasteiger partial charge in [-0.05, 0) is 44.7 Å². The van der Waals surface area contributed by atoms with Crippen LogP contribution in [0.4, 0.5) is 22.8 Å². The molecule has 1 aliphatic carbocycles. The van der Waals surface area contributed by atoms with Gasteiger partial charge in [0, 0.05) is 24.1 Å². The minimum atomic E-state index is -2.99. The van der Waals surface area contributed by atoms with Gasteiger partial charge in [0.1, 0.15) is 29.5 Å². The first-order valence-electron chi connectivity index (χ1n) is 14.4. The molecule has 1 unspecified atom stereocenters. The Bertz CT molecular complexity index is 1340. The maximum atomic E-state index is 14.2. The topological polar surface area (TPSA) is 157 Å². The molecule has 0 aromatic heterocycles. The van der Waals surface area contributed by atoms with Crippen molar-refractivity contribution in [3.63, 3.8) is 0 Å². The van der Waals surface area contributed by atoms with Crippen molar-refractivity contribution in [2.45, 2.75) is 96.2 Å². The van der Waals surface area contributed by atoms with Gasteiger partial charge in [-0.2, -0.15) is 0 Å². The largest absolute Gasteiger partial charge is 0.479 e. The number of hydrogen-bond donors (Lipinski definition) is 4. The number of benzene rings is 1. The summed E-state index contributed by atoms with van der Waals surface area (Å²) in [6.45, 7) is 8.33. The Labute approximate surface area is 252 Å². The van der Waals surface area contributed by atoms with Gasteiger partial charge >= 0.3 is 18.1 Å². The van der Waals surface area contributed by atoms with Crippen molar-refractivity contribution in [2.24, 2.45) is 11.8 Å². The maximum absolute atomic E-state index is 14.2. The van der Waals surface area contributed by atoms with Crippen molar-refractivity contribution in [1.29, 1.82) is 0 Å². The second-order valence-electron chi connectivity index (χ2n) is 13.0. The minimum absolute atomic E-state index is 0.0432. The highest BCUT2D eigenvalue weighted by atomic mass is 19.3. The summed E-state index contributed by atoms with van der Waals surface area (Å²) in [6.07, 6.45) is -5.60. The molecule has 44 heavy (non-hydrogen) atoms. The number of carboxylic acids is 1. The molecule has 5 atom stereocenters. The van der Waals surface area contributed by atoms with E-state index >= 15 is 0 Å². The van der Waals surface area contributed by atoms with E-state index in [4.69, 9.17) is 4.74 Å². The quantitative estimate of drug-likeness (QED) is 0.346. The number of ether oxygens (including phenoxy) is 1. The fourth-order valence-corrected chi connectivity index (χ4v) is 5.65. The Morgan fingerprint density at radius 2 is 1.80 bits per heavy atom. The summed E-state index contributed by atoms with van der Waals surface area (Å²) >= 11 is 0. The van der Waals surface area contributed by atoms with Gasteiger partial charge in [0.15, 0.2) is 0 Å².